The Morgan fingerprint density at radius 1 is 0.792 bits per heavy atom. The molecular formula is C44H48IrNO2-. The summed E-state index contributed by atoms with van der Waals surface area (Å²) in [7, 11) is 0. The number of benzene rings is 4. The number of hydrogen-bond donors (Lipinski definition) is 1. The van der Waals surface area contributed by atoms with E-state index < -0.39 is 0 Å². The second kappa shape index (κ2) is 16.0. The van der Waals surface area contributed by atoms with E-state index in [1.165, 1.54) is 50.4 Å². The molecule has 6 rings (SSSR count). The van der Waals surface area contributed by atoms with Crippen LogP contribution in [0.1, 0.15) is 83.9 Å². The minimum Gasteiger partial charge on any atom is -0.512 e. The van der Waals surface area contributed by atoms with Crippen LogP contribution in [0.5, 0.6) is 0 Å². The molecule has 1 radical (unpaired) electrons. The number of fused-ring (bicyclic) bond motifs is 4. The summed E-state index contributed by atoms with van der Waals surface area (Å²) in [5, 5.41) is 11.0. The van der Waals surface area contributed by atoms with Crippen LogP contribution in [0.4, 0.5) is 0 Å². The van der Waals surface area contributed by atoms with Crippen molar-refractivity contribution in [3.63, 3.8) is 0 Å². The first kappa shape index (κ1) is 37.0. The number of carbonyl (C=O) groups is 1. The first-order valence-electron chi connectivity index (χ1n) is 17.2. The van der Waals surface area contributed by atoms with Crippen LogP contribution >= 0.6 is 0 Å². The minimum absolute atomic E-state index is 0. The molecule has 0 unspecified atom stereocenters. The topological polar surface area (TPSA) is 50.2 Å². The van der Waals surface area contributed by atoms with Crippen LogP contribution in [-0.2, 0) is 30.3 Å². The fraction of sp³-hybridized carbons (Fsp3) is 0.318. The maximum Gasteiger partial charge on any atom is 0.162 e. The third kappa shape index (κ3) is 7.56. The fourth-order valence-electron chi connectivity index (χ4n) is 6.94. The zero-order chi connectivity index (χ0) is 33.7. The van der Waals surface area contributed by atoms with Gasteiger partial charge in [0.25, 0.3) is 0 Å². The largest absolute Gasteiger partial charge is 0.512 e. The summed E-state index contributed by atoms with van der Waals surface area (Å²) >= 11 is 0. The molecule has 1 aromatic heterocycles. The van der Waals surface area contributed by atoms with Crippen molar-refractivity contribution in [1.82, 2.24) is 4.98 Å². The second-order valence-electron chi connectivity index (χ2n) is 13.3. The summed E-state index contributed by atoms with van der Waals surface area (Å²) in [4.78, 5) is 16.8. The van der Waals surface area contributed by atoms with E-state index in [1.807, 2.05) is 45.9 Å². The number of allylic oxidation sites excluding steroid dienone is 2. The molecule has 1 aliphatic rings. The van der Waals surface area contributed by atoms with Crippen molar-refractivity contribution in [2.45, 2.75) is 79.6 Å². The van der Waals surface area contributed by atoms with Crippen LogP contribution < -0.4 is 0 Å². The molecule has 0 saturated carbocycles. The van der Waals surface area contributed by atoms with Crippen molar-refractivity contribution in [2.75, 3.05) is 0 Å². The molecule has 1 aliphatic carbocycles. The van der Waals surface area contributed by atoms with Gasteiger partial charge < -0.3 is 5.11 Å². The van der Waals surface area contributed by atoms with Gasteiger partial charge in [-0.2, -0.15) is 0 Å². The third-order valence-corrected chi connectivity index (χ3v) is 9.91. The molecule has 0 spiro atoms. The summed E-state index contributed by atoms with van der Waals surface area (Å²) in [6, 6.07) is 35.9. The smallest absolute Gasteiger partial charge is 0.162 e. The molecule has 4 heteroatoms. The average Bonchev–Trinajstić information content (AvgIpc) is 3.30. The number of aromatic nitrogens is 1. The van der Waals surface area contributed by atoms with Crippen molar-refractivity contribution in [2.24, 2.45) is 11.8 Å². The van der Waals surface area contributed by atoms with Crippen LogP contribution in [0.15, 0.2) is 103 Å². The van der Waals surface area contributed by atoms with E-state index in [0.717, 1.165) is 42.5 Å². The maximum atomic E-state index is 11.7. The first-order chi connectivity index (χ1) is 22.6. The molecule has 0 aliphatic heterocycles. The van der Waals surface area contributed by atoms with E-state index in [9.17, 15) is 9.90 Å². The summed E-state index contributed by atoms with van der Waals surface area (Å²) in [5.41, 5.74) is 12.1. The zero-order valence-electron chi connectivity index (χ0n) is 29.4. The van der Waals surface area contributed by atoms with Gasteiger partial charge in [-0.25, -0.2) is 0 Å². The van der Waals surface area contributed by atoms with Gasteiger partial charge in [-0.15, -0.1) is 35.9 Å². The Balaban J connectivity index is 0.000000279. The number of aryl methyl sites for hydroxylation is 1. The Hall–Kier alpha value is -3.85. The molecule has 251 valence electrons. The Morgan fingerprint density at radius 3 is 2.12 bits per heavy atom. The normalized spacial score (nSPS) is 13.1. The van der Waals surface area contributed by atoms with Crippen LogP contribution in [-0.4, -0.2) is 15.9 Å². The van der Waals surface area contributed by atoms with E-state index in [4.69, 9.17) is 4.98 Å². The van der Waals surface area contributed by atoms with Gasteiger partial charge in [-0.1, -0.05) is 102 Å². The van der Waals surface area contributed by atoms with Crippen LogP contribution in [0, 0.1) is 24.8 Å². The fourth-order valence-corrected chi connectivity index (χ4v) is 6.94. The first-order valence-corrected chi connectivity index (χ1v) is 17.2. The van der Waals surface area contributed by atoms with Crippen molar-refractivity contribution in [3.05, 3.63) is 126 Å². The molecule has 0 amide bonds. The number of hydrogen-bond acceptors (Lipinski definition) is 3. The Labute approximate surface area is 300 Å². The number of ketones is 1. The summed E-state index contributed by atoms with van der Waals surface area (Å²) in [6.45, 7) is 14.9. The molecule has 48 heavy (non-hydrogen) atoms. The predicted molar refractivity (Wildman–Crippen MR) is 198 cm³/mol. The minimum atomic E-state index is -0.0415. The van der Waals surface area contributed by atoms with E-state index in [-0.39, 0.29) is 48.9 Å². The molecule has 0 atom stereocenters. The summed E-state index contributed by atoms with van der Waals surface area (Å²) in [5.74, 6) is 0.547. The van der Waals surface area contributed by atoms with Crippen molar-refractivity contribution >= 4 is 16.7 Å². The number of carbonyl (C=O) groups excluding carboxylic acids is 1. The molecule has 4 aromatic carbocycles. The predicted octanol–water partition coefficient (Wildman–Crippen LogP) is 11.9. The van der Waals surface area contributed by atoms with Gasteiger partial charge in [-0.05, 0) is 83.8 Å². The molecule has 0 saturated heterocycles. The van der Waals surface area contributed by atoms with Gasteiger partial charge in [-0.3, -0.25) is 9.78 Å². The van der Waals surface area contributed by atoms with Gasteiger partial charge in [0.2, 0.25) is 0 Å². The van der Waals surface area contributed by atoms with Gasteiger partial charge in [0.05, 0.1) is 11.3 Å². The molecular weight excluding hydrogens is 767 g/mol. The third-order valence-electron chi connectivity index (χ3n) is 9.91. The monoisotopic (exact) mass is 815 g/mol. The molecule has 3 nitrogen and oxygen atoms in total. The zero-order valence-corrected chi connectivity index (χ0v) is 31.8. The van der Waals surface area contributed by atoms with Gasteiger partial charge >= 0.3 is 0 Å². The van der Waals surface area contributed by atoms with Crippen LogP contribution in [0.3, 0.4) is 0 Å². The SMILES string of the molecule is CCC(CC)C(=O)/C=C(\O)C(CC)CC.Cc1cccc(-c2cc(-c3[c-]cccc3)nc3cc4c(cc23)-c2ccccc2C4(C)C)c1.[Ir]. The van der Waals surface area contributed by atoms with E-state index in [0.29, 0.717) is 0 Å². The molecule has 0 fully saturated rings. The summed E-state index contributed by atoms with van der Waals surface area (Å²) in [6.07, 6.45) is 4.91. The Kier molecular flexibility index (Phi) is 12.3. The van der Waals surface area contributed by atoms with Gasteiger partial charge in [0.1, 0.15) is 0 Å². The van der Waals surface area contributed by atoms with Crippen molar-refractivity contribution in [3.8, 4) is 33.5 Å². The number of aliphatic hydroxyl groups excluding tert-OH is 1. The number of pyridine rings is 1. The molecule has 5 aromatic rings. The van der Waals surface area contributed by atoms with E-state index in [1.54, 1.807) is 0 Å². The number of nitrogens with zero attached hydrogens (tertiary/aromatic N) is 1. The van der Waals surface area contributed by atoms with Crippen LogP contribution in [0.2, 0.25) is 0 Å². The van der Waals surface area contributed by atoms with Crippen molar-refractivity contribution in [1.29, 1.82) is 0 Å². The number of rotatable bonds is 9. The second-order valence-corrected chi connectivity index (χ2v) is 13.3. The quantitative estimate of drug-likeness (QED) is 0.0916. The van der Waals surface area contributed by atoms with Crippen LogP contribution in [0.25, 0.3) is 44.4 Å². The molecule has 0 bridgehead atoms. The van der Waals surface area contributed by atoms with Gasteiger partial charge in [0, 0.05) is 48.8 Å². The maximum absolute atomic E-state index is 11.7. The standard InChI is InChI=1S/C31H24N.C13H24O2.Ir/c1-20-10-9-13-22(16-20)24-18-29(21-11-5-4-6-12-21)32-30-19-28-25(17-26(24)30)23-14-7-8-15-27(23)31(28,2)3;1-5-10(6-2)12(14)9-13(15)11(7-3)8-4;/h4-11,13-19H,1-3H3;9-11,14H,5-8H2,1-4H3;/q-1;;/b;12-9-;. The number of aliphatic hydroxyl groups is 1. The van der Waals surface area contributed by atoms with E-state index in [2.05, 4.69) is 99.6 Å². The Bertz CT molecular complexity index is 1900. The van der Waals surface area contributed by atoms with E-state index >= 15 is 0 Å². The van der Waals surface area contributed by atoms with Crippen molar-refractivity contribution < 1.29 is 30.0 Å². The average molecular weight is 815 g/mol. The Morgan fingerprint density at radius 2 is 1.48 bits per heavy atom. The molecule has 1 N–H and O–H groups in total. The summed E-state index contributed by atoms with van der Waals surface area (Å²) < 4.78 is 0. The van der Waals surface area contributed by atoms with Gasteiger partial charge in [0.15, 0.2) is 5.78 Å². The molecule has 1 heterocycles.